The highest BCUT2D eigenvalue weighted by Crippen LogP contribution is 2.39. The maximum Gasteiger partial charge on any atom is 0.253 e. The first-order valence-electron chi connectivity index (χ1n) is 8.38. The van der Waals surface area contributed by atoms with Gasteiger partial charge in [-0.05, 0) is 18.9 Å². The molecule has 3 aromatic heterocycles. The van der Waals surface area contributed by atoms with Gasteiger partial charge in [0, 0.05) is 32.0 Å². The average Bonchev–Trinajstić information content (AvgIpc) is 3.22. The quantitative estimate of drug-likeness (QED) is 0.475. The number of aryl methyl sites for hydroxylation is 2. The average molecular weight is 325 g/mol. The Balaban J connectivity index is 1.40. The van der Waals surface area contributed by atoms with Crippen molar-refractivity contribution < 1.29 is 9.36 Å². The summed E-state index contributed by atoms with van der Waals surface area (Å²) in [6, 6.07) is 1.75. The van der Waals surface area contributed by atoms with Crippen LogP contribution >= 0.6 is 0 Å². The number of hydrogen-bond donors (Lipinski definition) is 3. The molecule has 3 heterocycles. The second-order valence-electron chi connectivity index (χ2n) is 6.34. The SMILES string of the molecule is Cc1c[nH]c[n+]1CCCNC(=O)c1ccnc2nc(C3CC3)[nH]c12. The number of nitrogens with zero attached hydrogens (tertiary/aromatic N) is 3. The second kappa shape index (κ2) is 6.07. The number of aromatic nitrogens is 5. The Bertz CT molecular complexity index is 876. The fourth-order valence-corrected chi connectivity index (χ4v) is 2.89. The van der Waals surface area contributed by atoms with E-state index in [1.807, 2.05) is 12.5 Å². The van der Waals surface area contributed by atoms with Gasteiger partial charge in [0.25, 0.3) is 5.91 Å². The molecule has 0 unspecified atom stereocenters. The van der Waals surface area contributed by atoms with Crippen molar-refractivity contribution in [2.75, 3.05) is 6.54 Å². The number of carbonyl (C=O) groups is 1. The largest absolute Gasteiger partial charge is 0.352 e. The maximum atomic E-state index is 12.5. The zero-order valence-electron chi connectivity index (χ0n) is 13.7. The van der Waals surface area contributed by atoms with Gasteiger partial charge in [-0.1, -0.05) is 0 Å². The van der Waals surface area contributed by atoms with Crippen molar-refractivity contribution in [1.29, 1.82) is 0 Å². The zero-order chi connectivity index (χ0) is 16.5. The van der Waals surface area contributed by atoms with Gasteiger partial charge < -0.3 is 10.3 Å². The highest BCUT2D eigenvalue weighted by atomic mass is 16.1. The highest BCUT2D eigenvalue weighted by molar-refractivity contribution is 6.03. The van der Waals surface area contributed by atoms with Gasteiger partial charge in [-0.15, -0.1) is 0 Å². The number of imidazole rings is 2. The van der Waals surface area contributed by atoms with Crippen LogP contribution in [-0.2, 0) is 6.54 Å². The molecule has 1 aliphatic carbocycles. The van der Waals surface area contributed by atoms with E-state index < -0.39 is 0 Å². The van der Waals surface area contributed by atoms with Crippen LogP contribution in [0.15, 0.2) is 24.8 Å². The number of aromatic amines is 2. The summed E-state index contributed by atoms with van der Waals surface area (Å²) in [7, 11) is 0. The van der Waals surface area contributed by atoms with E-state index in [2.05, 4.69) is 36.7 Å². The normalized spacial score (nSPS) is 14.2. The number of rotatable bonds is 6. The minimum atomic E-state index is -0.0795. The minimum absolute atomic E-state index is 0.0795. The third kappa shape index (κ3) is 2.89. The number of fused-ring (bicyclic) bond motifs is 1. The Hall–Kier alpha value is -2.70. The molecule has 24 heavy (non-hydrogen) atoms. The van der Waals surface area contributed by atoms with Crippen molar-refractivity contribution in [3.05, 3.63) is 41.9 Å². The molecule has 4 rings (SSSR count). The highest BCUT2D eigenvalue weighted by Gasteiger charge is 2.27. The number of amides is 1. The molecule has 1 aliphatic rings. The summed E-state index contributed by atoms with van der Waals surface area (Å²) in [6.45, 7) is 3.56. The Labute approximate surface area is 139 Å². The summed E-state index contributed by atoms with van der Waals surface area (Å²) in [5.74, 6) is 1.39. The Kier molecular flexibility index (Phi) is 3.76. The van der Waals surface area contributed by atoms with Gasteiger partial charge in [0.1, 0.15) is 17.7 Å². The number of hydrogen-bond acceptors (Lipinski definition) is 3. The van der Waals surface area contributed by atoms with E-state index in [0.717, 1.165) is 37.1 Å². The van der Waals surface area contributed by atoms with E-state index in [4.69, 9.17) is 0 Å². The summed E-state index contributed by atoms with van der Waals surface area (Å²) in [5, 5.41) is 2.99. The predicted molar refractivity (Wildman–Crippen MR) is 88.5 cm³/mol. The van der Waals surface area contributed by atoms with Crippen LogP contribution in [0.25, 0.3) is 11.2 Å². The van der Waals surface area contributed by atoms with Gasteiger partial charge in [-0.25, -0.2) is 19.5 Å². The van der Waals surface area contributed by atoms with Crippen LogP contribution in [0.3, 0.4) is 0 Å². The van der Waals surface area contributed by atoms with Crippen molar-refractivity contribution >= 4 is 17.1 Å². The van der Waals surface area contributed by atoms with Gasteiger partial charge in [-0.2, -0.15) is 0 Å². The van der Waals surface area contributed by atoms with Crippen molar-refractivity contribution in [2.45, 2.75) is 38.6 Å². The molecule has 0 spiro atoms. The van der Waals surface area contributed by atoms with Crippen molar-refractivity contribution in [2.24, 2.45) is 0 Å². The first kappa shape index (κ1) is 14.9. The van der Waals surface area contributed by atoms with E-state index in [0.29, 0.717) is 23.7 Å². The molecular formula is C17H21N6O+. The summed E-state index contributed by atoms with van der Waals surface area (Å²) >= 11 is 0. The van der Waals surface area contributed by atoms with Gasteiger partial charge in [0.15, 0.2) is 5.65 Å². The second-order valence-corrected chi connectivity index (χ2v) is 6.34. The third-order valence-electron chi connectivity index (χ3n) is 4.46. The first-order valence-corrected chi connectivity index (χ1v) is 8.38. The standard InChI is InChI=1S/C17H20N6O/c1-11-9-18-10-23(11)8-2-6-20-17(24)13-5-7-19-16-14(13)21-15(22-16)12-3-4-12/h5,7,9-10,12H,2-4,6,8H2,1H3,(H2,19,20,21,22,24)/p+1. The molecular weight excluding hydrogens is 304 g/mol. The number of nitrogens with one attached hydrogen (secondary N) is 3. The molecule has 1 fully saturated rings. The molecule has 7 nitrogen and oxygen atoms in total. The van der Waals surface area contributed by atoms with Crippen LogP contribution in [0.2, 0.25) is 0 Å². The molecule has 0 bridgehead atoms. The van der Waals surface area contributed by atoms with E-state index in [-0.39, 0.29) is 5.91 Å². The monoisotopic (exact) mass is 325 g/mol. The fourth-order valence-electron chi connectivity index (χ4n) is 2.89. The molecule has 0 atom stereocenters. The van der Waals surface area contributed by atoms with Gasteiger partial charge in [-0.3, -0.25) is 4.79 Å². The first-order chi connectivity index (χ1) is 11.7. The lowest BCUT2D eigenvalue weighted by atomic mass is 10.2. The smallest absolute Gasteiger partial charge is 0.253 e. The summed E-state index contributed by atoms with van der Waals surface area (Å²) < 4.78 is 2.13. The van der Waals surface area contributed by atoms with Crippen LogP contribution in [0.4, 0.5) is 0 Å². The lowest BCUT2D eigenvalue weighted by Crippen LogP contribution is -2.36. The lowest BCUT2D eigenvalue weighted by molar-refractivity contribution is -0.701. The van der Waals surface area contributed by atoms with E-state index in [1.54, 1.807) is 12.3 Å². The predicted octanol–water partition coefficient (Wildman–Crippen LogP) is 1.58. The minimum Gasteiger partial charge on any atom is -0.352 e. The van der Waals surface area contributed by atoms with Crippen molar-refractivity contribution in [1.82, 2.24) is 25.3 Å². The lowest BCUT2D eigenvalue weighted by Gasteiger charge is -2.05. The van der Waals surface area contributed by atoms with Crippen LogP contribution in [0.5, 0.6) is 0 Å². The van der Waals surface area contributed by atoms with Crippen molar-refractivity contribution in [3.8, 4) is 0 Å². The summed E-state index contributed by atoms with van der Waals surface area (Å²) in [5.41, 5.74) is 3.17. The van der Waals surface area contributed by atoms with Crippen LogP contribution < -0.4 is 9.88 Å². The Morgan fingerprint density at radius 3 is 3.08 bits per heavy atom. The molecule has 0 aliphatic heterocycles. The van der Waals surface area contributed by atoms with E-state index >= 15 is 0 Å². The van der Waals surface area contributed by atoms with E-state index in [9.17, 15) is 4.79 Å². The molecule has 0 radical (unpaired) electrons. The number of carbonyl (C=O) groups excluding carboxylic acids is 1. The van der Waals surface area contributed by atoms with Gasteiger partial charge >= 0.3 is 0 Å². The summed E-state index contributed by atoms with van der Waals surface area (Å²) in [4.78, 5) is 27.6. The molecule has 7 heteroatoms. The summed E-state index contributed by atoms with van der Waals surface area (Å²) in [6.07, 6.45) is 8.75. The molecule has 3 aromatic rings. The molecule has 3 N–H and O–H groups in total. The maximum absolute atomic E-state index is 12.5. The number of pyridine rings is 1. The van der Waals surface area contributed by atoms with Gasteiger partial charge in [0.05, 0.1) is 17.6 Å². The molecule has 1 saturated carbocycles. The van der Waals surface area contributed by atoms with Crippen LogP contribution in [0.1, 0.15) is 47.1 Å². The topological polar surface area (TPSA) is 90.3 Å². The van der Waals surface area contributed by atoms with Crippen LogP contribution in [0, 0.1) is 6.92 Å². The molecule has 1 amide bonds. The third-order valence-corrected chi connectivity index (χ3v) is 4.46. The molecule has 124 valence electrons. The Morgan fingerprint density at radius 2 is 2.33 bits per heavy atom. The molecule has 0 saturated heterocycles. The molecule has 0 aromatic carbocycles. The zero-order valence-corrected chi connectivity index (χ0v) is 13.7. The van der Waals surface area contributed by atoms with Crippen LogP contribution in [-0.4, -0.2) is 32.4 Å². The van der Waals surface area contributed by atoms with E-state index in [1.165, 1.54) is 5.69 Å². The number of H-pyrrole nitrogens is 2. The van der Waals surface area contributed by atoms with Crippen molar-refractivity contribution in [3.63, 3.8) is 0 Å². The van der Waals surface area contributed by atoms with Gasteiger partial charge in [0.2, 0.25) is 6.33 Å². The fraction of sp³-hybridized carbons (Fsp3) is 0.412. The Morgan fingerprint density at radius 1 is 1.46 bits per heavy atom.